The highest BCUT2D eigenvalue weighted by molar-refractivity contribution is 5.77. The summed E-state index contributed by atoms with van der Waals surface area (Å²) < 4.78 is 4.84. The van der Waals surface area contributed by atoms with E-state index in [0.717, 1.165) is 19.3 Å². The van der Waals surface area contributed by atoms with E-state index in [4.69, 9.17) is 4.74 Å². The molecule has 0 amide bonds. The third kappa shape index (κ3) is 11.0. The van der Waals surface area contributed by atoms with Crippen LogP contribution in [0, 0.1) is 5.92 Å². The van der Waals surface area contributed by atoms with E-state index in [1.807, 2.05) is 13.0 Å². The molecule has 0 radical (unpaired) electrons. The van der Waals surface area contributed by atoms with Gasteiger partial charge in [0.2, 0.25) is 0 Å². The summed E-state index contributed by atoms with van der Waals surface area (Å²) in [4.78, 5) is 11.8. The minimum Gasteiger partial charge on any atom is -0.462 e. The Labute approximate surface area is 189 Å². The molecule has 4 heteroatoms. The topological polar surface area (TPSA) is 66.8 Å². The number of unbranched alkanes of at least 4 members (excludes halogenated alkanes) is 6. The second kappa shape index (κ2) is 15.2. The predicted octanol–water partition coefficient (Wildman–Crippen LogP) is 6.54. The molecule has 0 aliphatic heterocycles. The fourth-order valence-corrected chi connectivity index (χ4v) is 3.95. The summed E-state index contributed by atoms with van der Waals surface area (Å²) in [7, 11) is 0. The van der Waals surface area contributed by atoms with Gasteiger partial charge in [-0.2, -0.15) is 0 Å². The highest BCUT2D eigenvalue weighted by Gasteiger charge is 2.35. The molecule has 0 aromatic rings. The molecular weight excluding hydrogens is 388 g/mol. The number of allylic oxidation sites excluding steroid dienone is 4. The summed E-state index contributed by atoms with van der Waals surface area (Å²) in [6.45, 7) is 8.30. The third-order valence-electron chi connectivity index (χ3n) is 5.84. The second-order valence-corrected chi connectivity index (χ2v) is 8.91. The van der Waals surface area contributed by atoms with Crippen LogP contribution >= 0.6 is 0 Å². The van der Waals surface area contributed by atoms with E-state index in [0.29, 0.717) is 17.9 Å². The number of ether oxygens (including phenoxy) is 1. The van der Waals surface area contributed by atoms with Gasteiger partial charge in [0.1, 0.15) is 0 Å². The average Bonchev–Trinajstić information content (AvgIpc) is 3.07. The summed E-state index contributed by atoms with van der Waals surface area (Å²) in [5, 5.41) is 19.9. The van der Waals surface area contributed by atoms with Crippen LogP contribution in [0.3, 0.4) is 0 Å². The van der Waals surface area contributed by atoms with Gasteiger partial charge in [0.05, 0.1) is 6.61 Å². The van der Waals surface area contributed by atoms with Gasteiger partial charge in [-0.15, -0.1) is 5.73 Å². The van der Waals surface area contributed by atoms with Crippen LogP contribution in [0.4, 0.5) is 0 Å². The zero-order valence-electron chi connectivity index (χ0n) is 20.2. The molecule has 0 spiro atoms. The van der Waals surface area contributed by atoms with Crippen molar-refractivity contribution in [3.63, 3.8) is 0 Å². The minimum atomic E-state index is -2.50. The zero-order valence-corrected chi connectivity index (χ0v) is 20.2. The van der Waals surface area contributed by atoms with E-state index in [2.05, 4.69) is 31.7 Å². The smallest absolute Gasteiger partial charge is 0.366 e. The van der Waals surface area contributed by atoms with E-state index in [9.17, 15) is 15.0 Å². The number of rotatable bonds is 15. The standard InChI is InChI=1S/C27H44O4/c1-5-7-8-9-10-11-12-13-16-24-19-18-23(4)25(24)17-14-15-22(3)21-27(29,30)26(28)31-20-6-2/h13-14,16,23,29-30H,5-12,17-21H2,1-4H3/t15?,23-/m0/s1. The Kier molecular flexibility index (Phi) is 13.5. The number of hydrogen-bond donors (Lipinski definition) is 2. The van der Waals surface area contributed by atoms with Crippen molar-refractivity contribution >= 4 is 5.97 Å². The number of carbonyl (C=O) groups is 1. The van der Waals surface area contributed by atoms with Crippen LogP contribution in [0.2, 0.25) is 0 Å². The quantitative estimate of drug-likeness (QED) is 0.133. The van der Waals surface area contributed by atoms with Gasteiger partial charge in [0.15, 0.2) is 0 Å². The van der Waals surface area contributed by atoms with Crippen molar-refractivity contribution in [2.75, 3.05) is 6.61 Å². The first-order valence-corrected chi connectivity index (χ1v) is 12.2. The normalized spacial score (nSPS) is 16.6. The molecule has 0 unspecified atom stereocenters. The molecule has 4 nitrogen and oxygen atoms in total. The Balaban J connectivity index is 2.59. The summed E-state index contributed by atoms with van der Waals surface area (Å²) in [5.41, 5.74) is 6.63. The lowest BCUT2D eigenvalue weighted by molar-refractivity contribution is -0.208. The molecule has 0 saturated carbocycles. The monoisotopic (exact) mass is 432 g/mol. The SMILES string of the molecule is CCCCCCCCC=CC1=C(CC=C=C(C)CC(O)(O)C(=O)OCCC)[C@@H](C)CC1. The molecule has 2 N–H and O–H groups in total. The maximum absolute atomic E-state index is 11.8. The molecule has 0 aromatic carbocycles. The lowest BCUT2D eigenvalue weighted by atomic mass is 9.99. The number of aliphatic hydroxyl groups is 2. The largest absolute Gasteiger partial charge is 0.462 e. The van der Waals surface area contributed by atoms with Gasteiger partial charge in [-0.25, -0.2) is 4.79 Å². The third-order valence-corrected chi connectivity index (χ3v) is 5.84. The lowest BCUT2D eigenvalue weighted by Gasteiger charge is -2.19. The average molecular weight is 433 g/mol. The maximum Gasteiger partial charge on any atom is 0.366 e. The van der Waals surface area contributed by atoms with Crippen LogP contribution in [-0.4, -0.2) is 28.6 Å². The van der Waals surface area contributed by atoms with E-state index in [-0.39, 0.29) is 13.0 Å². The van der Waals surface area contributed by atoms with Gasteiger partial charge < -0.3 is 14.9 Å². The van der Waals surface area contributed by atoms with Gasteiger partial charge in [0.25, 0.3) is 5.79 Å². The Hall–Kier alpha value is -1.61. The fraction of sp³-hybridized carbons (Fsp3) is 0.704. The molecule has 176 valence electrons. The molecular formula is C27H44O4. The zero-order chi connectivity index (χ0) is 23.1. The van der Waals surface area contributed by atoms with Crippen molar-refractivity contribution in [1.29, 1.82) is 0 Å². The van der Waals surface area contributed by atoms with Crippen LogP contribution in [0.25, 0.3) is 0 Å². The first kappa shape index (κ1) is 27.4. The lowest BCUT2D eigenvalue weighted by Crippen LogP contribution is -2.40. The Bertz CT molecular complexity index is 663. The van der Waals surface area contributed by atoms with Crippen LogP contribution < -0.4 is 0 Å². The summed E-state index contributed by atoms with van der Waals surface area (Å²) >= 11 is 0. The minimum absolute atomic E-state index is 0.182. The van der Waals surface area contributed by atoms with Crippen molar-refractivity contribution < 1.29 is 19.7 Å². The van der Waals surface area contributed by atoms with Crippen LogP contribution in [0.5, 0.6) is 0 Å². The number of hydrogen-bond acceptors (Lipinski definition) is 4. The molecule has 0 fully saturated rings. The van der Waals surface area contributed by atoms with Gasteiger partial charge in [-0.3, -0.25) is 0 Å². The van der Waals surface area contributed by atoms with Gasteiger partial charge in [0, 0.05) is 6.42 Å². The fourth-order valence-electron chi connectivity index (χ4n) is 3.95. The maximum atomic E-state index is 11.8. The van der Waals surface area contributed by atoms with Crippen molar-refractivity contribution in [2.45, 2.75) is 111 Å². The molecule has 1 atom stereocenters. The van der Waals surface area contributed by atoms with Gasteiger partial charge in [-0.05, 0) is 68.6 Å². The van der Waals surface area contributed by atoms with Crippen molar-refractivity contribution in [1.82, 2.24) is 0 Å². The Morgan fingerprint density at radius 2 is 1.87 bits per heavy atom. The molecule has 0 bridgehead atoms. The van der Waals surface area contributed by atoms with Gasteiger partial charge >= 0.3 is 5.97 Å². The molecule has 0 aromatic heterocycles. The first-order valence-electron chi connectivity index (χ1n) is 12.2. The summed E-state index contributed by atoms with van der Waals surface area (Å²) in [6, 6.07) is 0. The van der Waals surface area contributed by atoms with Crippen LogP contribution in [-0.2, 0) is 9.53 Å². The van der Waals surface area contributed by atoms with Crippen LogP contribution in [0.1, 0.15) is 105 Å². The molecule has 1 aliphatic carbocycles. The van der Waals surface area contributed by atoms with E-state index in [1.165, 1.54) is 56.1 Å². The van der Waals surface area contributed by atoms with Crippen molar-refractivity contribution in [2.24, 2.45) is 5.92 Å². The molecule has 1 aliphatic rings. The van der Waals surface area contributed by atoms with Gasteiger partial charge in [-0.1, -0.05) is 70.6 Å². The number of carbonyl (C=O) groups excluding carboxylic acids is 1. The van der Waals surface area contributed by atoms with Crippen LogP contribution in [0.15, 0.2) is 40.7 Å². The molecule has 31 heavy (non-hydrogen) atoms. The van der Waals surface area contributed by atoms with Crippen molar-refractivity contribution in [3.8, 4) is 0 Å². The van der Waals surface area contributed by atoms with E-state index >= 15 is 0 Å². The Morgan fingerprint density at radius 3 is 2.58 bits per heavy atom. The highest BCUT2D eigenvalue weighted by atomic mass is 16.6. The molecule has 1 rings (SSSR count). The Morgan fingerprint density at radius 1 is 1.16 bits per heavy atom. The number of esters is 1. The first-order chi connectivity index (χ1) is 14.8. The second-order valence-electron chi connectivity index (χ2n) is 8.91. The van der Waals surface area contributed by atoms with E-state index < -0.39 is 11.8 Å². The summed E-state index contributed by atoms with van der Waals surface area (Å²) in [6.07, 6.45) is 19.2. The summed E-state index contributed by atoms with van der Waals surface area (Å²) in [5.74, 6) is -2.93. The predicted molar refractivity (Wildman–Crippen MR) is 127 cm³/mol. The molecule has 0 saturated heterocycles. The van der Waals surface area contributed by atoms with Crippen molar-refractivity contribution in [3.05, 3.63) is 40.7 Å². The molecule has 0 heterocycles. The van der Waals surface area contributed by atoms with E-state index in [1.54, 1.807) is 6.92 Å². The highest BCUT2D eigenvalue weighted by Crippen LogP contribution is 2.35.